The van der Waals surface area contributed by atoms with Gasteiger partial charge in [-0.05, 0) is 23.8 Å². The minimum atomic E-state index is -0.404. The van der Waals surface area contributed by atoms with Crippen molar-refractivity contribution in [1.29, 1.82) is 5.26 Å². The molecule has 0 spiro atoms. The maximum Gasteiger partial charge on any atom is 0.257 e. The number of hydrazine groups is 1. The molecule has 94 valence electrons. The van der Waals surface area contributed by atoms with E-state index in [9.17, 15) is 4.79 Å². The number of amides is 1. The second kappa shape index (κ2) is 6.93. The van der Waals surface area contributed by atoms with Crippen LogP contribution in [0.5, 0.6) is 11.5 Å². The number of rotatable bonds is 5. The molecular formula is C12H13N3O3. The van der Waals surface area contributed by atoms with Crippen LogP contribution in [0.2, 0.25) is 0 Å². The van der Waals surface area contributed by atoms with E-state index in [0.29, 0.717) is 11.5 Å². The summed E-state index contributed by atoms with van der Waals surface area (Å²) in [7, 11) is 1.49. The number of nitrogens with zero attached hydrogens (tertiary/aromatic N) is 1. The first-order valence-corrected chi connectivity index (χ1v) is 5.07. The standard InChI is InChI=1S/C12H13N3O3/c1-17-11-8-9(3-5-12(16)15-14)2-4-10(11)18-7-6-13/h2-5,8H,7,14H2,1H3,(H,15,16)/b5-3+. The Balaban J connectivity index is 2.88. The Morgan fingerprint density at radius 3 is 2.94 bits per heavy atom. The van der Waals surface area contributed by atoms with Gasteiger partial charge in [0, 0.05) is 6.08 Å². The summed E-state index contributed by atoms with van der Waals surface area (Å²) >= 11 is 0. The monoisotopic (exact) mass is 247 g/mol. The van der Waals surface area contributed by atoms with E-state index in [1.807, 2.05) is 11.5 Å². The van der Waals surface area contributed by atoms with Crippen molar-refractivity contribution in [2.45, 2.75) is 0 Å². The molecule has 0 radical (unpaired) electrons. The number of methoxy groups -OCH3 is 1. The summed E-state index contributed by atoms with van der Waals surface area (Å²) in [6, 6.07) is 6.95. The van der Waals surface area contributed by atoms with Crippen molar-refractivity contribution < 1.29 is 14.3 Å². The minimum absolute atomic E-state index is 0.0544. The van der Waals surface area contributed by atoms with E-state index in [-0.39, 0.29) is 6.61 Å². The number of nitrogens with one attached hydrogen (secondary N) is 1. The van der Waals surface area contributed by atoms with Gasteiger partial charge >= 0.3 is 0 Å². The van der Waals surface area contributed by atoms with Crippen LogP contribution in [-0.4, -0.2) is 19.6 Å². The predicted octanol–water partition coefficient (Wildman–Crippen LogP) is 0.601. The molecule has 0 bridgehead atoms. The summed E-state index contributed by atoms with van der Waals surface area (Å²) in [6.45, 7) is -0.0544. The third kappa shape index (κ3) is 3.81. The van der Waals surface area contributed by atoms with Crippen LogP contribution in [0.3, 0.4) is 0 Å². The fraction of sp³-hybridized carbons (Fsp3) is 0.167. The van der Waals surface area contributed by atoms with Crippen molar-refractivity contribution in [3.05, 3.63) is 29.8 Å². The molecule has 0 aliphatic carbocycles. The van der Waals surface area contributed by atoms with E-state index in [0.717, 1.165) is 5.56 Å². The minimum Gasteiger partial charge on any atom is -0.493 e. The van der Waals surface area contributed by atoms with E-state index in [4.69, 9.17) is 20.6 Å². The fourth-order valence-electron chi connectivity index (χ4n) is 1.24. The molecule has 1 amide bonds. The number of carbonyl (C=O) groups is 1. The van der Waals surface area contributed by atoms with Gasteiger partial charge in [0.15, 0.2) is 18.1 Å². The molecule has 0 heterocycles. The van der Waals surface area contributed by atoms with Crippen LogP contribution in [-0.2, 0) is 4.79 Å². The molecule has 0 fully saturated rings. The van der Waals surface area contributed by atoms with Gasteiger partial charge in [-0.2, -0.15) is 5.26 Å². The van der Waals surface area contributed by atoms with Crippen molar-refractivity contribution >= 4 is 12.0 Å². The Morgan fingerprint density at radius 2 is 2.33 bits per heavy atom. The average Bonchev–Trinajstić information content (AvgIpc) is 2.42. The molecule has 1 aromatic rings. The molecule has 1 rings (SSSR count). The normalized spacial score (nSPS) is 9.83. The molecule has 1 aromatic carbocycles. The molecule has 0 unspecified atom stereocenters. The number of hydrogen-bond donors (Lipinski definition) is 2. The van der Waals surface area contributed by atoms with Crippen LogP contribution in [0.15, 0.2) is 24.3 Å². The van der Waals surface area contributed by atoms with E-state index < -0.39 is 5.91 Å². The van der Waals surface area contributed by atoms with Gasteiger partial charge in [0.25, 0.3) is 5.91 Å². The molecule has 0 saturated carbocycles. The lowest BCUT2D eigenvalue weighted by Gasteiger charge is -2.08. The second-order valence-electron chi connectivity index (χ2n) is 3.20. The summed E-state index contributed by atoms with van der Waals surface area (Å²) in [5.41, 5.74) is 2.74. The van der Waals surface area contributed by atoms with Gasteiger partial charge in [-0.3, -0.25) is 10.2 Å². The van der Waals surface area contributed by atoms with Crippen LogP contribution >= 0.6 is 0 Å². The van der Waals surface area contributed by atoms with Crippen molar-refractivity contribution in [3.63, 3.8) is 0 Å². The smallest absolute Gasteiger partial charge is 0.257 e. The predicted molar refractivity (Wildman–Crippen MR) is 65.5 cm³/mol. The zero-order chi connectivity index (χ0) is 13.4. The van der Waals surface area contributed by atoms with Crippen molar-refractivity contribution in [2.24, 2.45) is 5.84 Å². The third-order valence-electron chi connectivity index (χ3n) is 2.05. The van der Waals surface area contributed by atoms with E-state index in [1.165, 1.54) is 13.2 Å². The first-order valence-electron chi connectivity index (χ1n) is 5.07. The Bertz CT molecular complexity index is 492. The molecule has 6 nitrogen and oxygen atoms in total. The highest BCUT2D eigenvalue weighted by atomic mass is 16.5. The number of nitrogens with two attached hydrogens (primary N) is 1. The summed E-state index contributed by atoms with van der Waals surface area (Å²) in [6.07, 6.45) is 2.88. The van der Waals surface area contributed by atoms with E-state index in [1.54, 1.807) is 24.3 Å². The fourth-order valence-corrected chi connectivity index (χ4v) is 1.24. The number of hydrogen-bond acceptors (Lipinski definition) is 5. The van der Waals surface area contributed by atoms with E-state index in [2.05, 4.69) is 0 Å². The maximum absolute atomic E-state index is 10.9. The first-order chi connectivity index (χ1) is 8.71. The molecule has 6 heteroatoms. The molecule has 3 N–H and O–H groups in total. The quantitative estimate of drug-likeness (QED) is 0.343. The van der Waals surface area contributed by atoms with E-state index >= 15 is 0 Å². The lowest BCUT2D eigenvalue weighted by atomic mass is 10.2. The zero-order valence-electron chi connectivity index (χ0n) is 9.84. The van der Waals surface area contributed by atoms with Gasteiger partial charge in [0.1, 0.15) is 6.07 Å². The lowest BCUT2D eigenvalue weighted by molar-refractivity contribution is -0.116. The molecule has 0 atom stereocenters. The molecule has 0 aromatic heterocycles. The highest BCUT2D eigenvalue weighted by Crippen LogP contribution is 2.28. The molecule has 0 aliphatic rings. The van der Waals surface area contributed by atoms with Crippen LogP contribution in [0.4, 0.5) is 0 Å². The second-order valence-corrected chi connectivity index (χ2v) is 3.20. The average molecular weight is 247 g/mol. The highest BCUT2D eigenvalue weighted by molar-refractivity contribution is 5.91. The van der Waals surface area contributed by atoms with Gasteiger partial charge < -0.3 is 9.47 Å². The molecule has 18 heavy (non-hydrogen) atoms. The largest absolute Gasteiger partial charge is 0.493 e. The van der Waals surface area contributed by atoms with Gasteiger partial charge in [0.05, 0.1) is 7.11 Å². The molecular weight excluding hydrogens is 234 g/mol. The summed E-state index contributed by atoms with van der Waals surface area (Å²) in [5.74, 6) is 5.50. The van der Waals surface area contributed by atoms with Gasteiger partial charge in [-0.25, -0.2) is 5.84 Å². The molecule has 0 aliphatic heterocycles. The molecule has 0 saturated heterocycles. The van der Waals surface area contributed by atoms with Gasteiger partial charge in [-0.15, -0.1) is 0 Å². The van der Waals surface area contributed by atoms with Gasteiger partial charge in [-0.1, -0.05) is 6.07 Å². The maximum atomic E-state index is 10.9. The SMILES string of the molecule is COc1cc(/C=C/C(=O)NN)ccc1OCC#N. The van der Waals surface area contributed by atoms with Gasteiger partial charge in [0.2, 0.25) is 0 Å². The van der Waals surface area contributed by atoms with Crippen molar-refractivity contribution in [3.8, 4) is 17.6 Å². The third-order valence-corrected chi connectivity index (χ3v) is 2.05. The van der Waals surface area contributed by atoms with Crippen LogP contribution in [0.1, 0.15) is 5.56 Å². The summed E-state index contributed by atoms with van der Waals surface area (Å²) in [4.78, 5) is 10.9. The van der Waals surface area contributed by atoms with Crippen molar-refractivity contribution in [1.82, 2.24) is 5.43 Å². The first kappa shape index (κ1) is 13.5. The Hall–Kier alpha value is -2.52. The Morgan fingerprint density at radius 1 is 1.56 bits per heavy atom. The number of ether oxygens (including phenoxy) is 2. The number of benzene rings is 1. The van der Waals surface area contributed by atoms with Crippen molar-refractivity contribution in [2.75, 3.05) is 13.7 Å². The van der Waals surface area contributed by atoms with Crippen LogP contribution in [0, 0.1) is 11.3 Å². The van der Waals surface area contributed by atoms with Crippen LogP contribution < -0.4 is 20.7 Å². The van der Waals surface area contributed by atoms with Crippen LogP contribution in [0.25, 0.3) is 6.08 Å². The zero-order valence-corrected chi connectivity index (χ0v) is 9.84. The Labute approximate surface area is 105 Å². The topological polar surface area (TPSA) is 97.4 Å². The number of nitriles is 1. The lowest BCUT2D eigenvalue weighted by Crippen LogP contribution is -2.27. The Kier molecular flexibility index (Phi) is 5.22. The summed E-state index contributed by atoms with van der Waals surface area (Å²) in [5, 5.41) is 8.43. The number of carbonyl (C=O) groups excluding carboxylic acids is 1. The summed E-state index contributed by atoms with van der Waals surface area (Å²) < 4.78 is 10.3. The highest BCUT2D eigenvalue weighted by Gasteiger charge is 2.04.